The predicted octanol–water partition coefficient (Wildman–Crippen LogP) is 3.85. The molecule has 0 unspecified atom stereocenters. The standard InChI is InChI=1S/C18H17N3O3S2/c1-2-24-18(23)21-7-5-13-14(9-19)17(26-15(13)10-21)20-16(22)4-3-12-6-8-25-11-12/h3-4,6,8,11H,2,5,7,10H2,1H3,(H,20,22). The molecule has 134 valence electrons. The monoisotopic (exact) mass is 387 g/mol. The van der Waals surface area contributed by atoms with Crippen molar-refractivity contribution in [1.82, 2.24) is 4.90 Å². The van der Waals surface area contributed by atoms with Gasteiger partial charge in [0.05, 0.1) is 18.7 Å². The Kier molecular flexibility index (Phi) is 5.71. The lowest BCUT2D eigenvalue weighted by molar-refractivity contribution is -0.111. The van der Waals surface area contributed by atoms with E-state index < -0.39 is 0 Å². The summed E-state index contributed by atoms with van der Waals surface area (Å²) in [5.74, 6) is -0.284. The zero-order valence-electron chi connectivity index (χ0n) is 14.2. The zero-order chi connectivity index (χ0) is 18.5. The molecule has 2 aromatic heterocycles. The van der Waals surface area contributed by atoms with Crippen LogP contribution in [0.2, 0.25) is 0 Å². The number of nitrogens with zero attached hydrogens (tertiary/aromatic N) is 2. The second kappa shape index (κ2) is 8.17. The van der Waals surface area contributed by atoms with Crippen molar-refractivity contribution in [2.75, 3.05) is 18.5 Å². The lowest BCUT2D eigenvalue weighted by Gasteiger charge is -2.25. The maximum absolute atomic E-state index is 12.2. The zero-order valence-corrected chi connectivity index (χ0v) is 15.8. The van der Waals surface area contributed by atoms with E-state index in [4.69, 9.17) is 4.74 Å². The molecule has 0 atom stereocenters. The van der Waals surface area contributed by atoms with Crippen LogP contribution in [0.25, 0.3) is 6.08 Å². The number of hydrogen-bond acceptors (Lipinski definition) is 6. The first-order valence-electron chi connectivity index (χ1n) is 8.10. The summed E-state index contributed by atoms with van der Waals surface area (Å²) in [6.07, 6.45) is 3.41. The summed E-state index contributed by atoms with van der Waals surface area (Å²) < 4.78 is 5.04. The Bertz CT molecular complexity index is 878. The second-order valence-electron chi connectivity index (χ2n) is 5.57. The average molecular weight is 387 g/mol. The van der Waals surface area contributed by atoms with Gasteiger partial charge in [-0.3, -0.25) is 4.79 Å². The molecule has 1 aliphatic rings. The third-order valence-corrected chi connectivity index (χ3v) is 5.74. The summed E-state index contributed by atoms with van der Waals surface area (Å²) in [7, 11) is 0. The molecular formula is C18H17N3O3S2. The van der Waals surface area contributed by atoms with Gasteiger partial charge >= 0.3 is 6.09 Å². The molecule has 0 aliphatic carbocycles. The van der Waals surface area contributed by atoms with E-state index in [-0.39, 0.29) is 12.0 Å². The van der Waals surface area contributed by atoms with Crippen LogP contribution in [-0.4, -0.2) is 30.1 Å². The van der Waals surface area contributed by atoms with Crippen LogP contribution < -0.4 is 5.32 Å². The van der Waals surface area contributed by atoms with Gasteiger partial charge in [0, 0.05) is 17.5 Å². The van der Waals surface area contributed by atoms with Crippen LogP contribution in [0.15, 0.2) is 22.9 Å². The van der Waals surface area contributed by atoms with Gasteiger partial charge in [0.1, 0.15) is 11.1 Å². The number of anilines is 1. The molecule has 0 saturated carbocycles. The largest absolute Gasteiger partial charge is 0.450 e. The number of thiophene rings is 2. The van der Waals surface area contributed by atoms with Gasteiger partial charge in [0.2, 0.25) is 5.91 Å². The smallest absolute Gasteiger partial charge is 0.410 e. The molecule has 0 aromatic carbocycles. The summed E-state index contributed by atoms with van der Waals surface area (Å²) >= 11 is 2.90. The highest BCUT2D eigenvalue weighted by Gasteiger charge is 2.27. The summed E-state index contributed by atoms with van der Waals surface area (Å²) in [5.41, 5.74) is 2.36. The lowest BCUT2D eigenvalue weighted by Crippen LogP contribution is -2.35. The van der Waals surface area contributed by atoms with E-state index in [0.717, 1.165) is 16.0 Å². The first-order chi connectivity index (χ1) is 12.6. The molecule has 3 heterocycles. The molecule has 0 spiro atoms. The van der Waals surface area contributed by atoms with Crippen LogP contribution in [-0.2, 0) is 22.5 Å². The number of hydrogen-bond donors (Lipinski definition) is 1. The first-order valence-corrected chi connectivity index (χ1v) is 9.86. The van der Waals surface area contributed by atoms with Crippen molar-refractivity contribution in [2.24, 2.45) is 0 Å². The van der Waals surface area contributed by atoms with Crippen molar-refractivity contribution in [3.05, 3.63) is 44.5 Å². The van der Waals surface area contributed by atoms with Crippen molar-refractivity contribution >= 4 is 45.8 Å². The Morgan fingerprint density at radius 1 is 1.50 bits per heavy atom. The topological polar surface area (TPSA) is 82.4 Å². The molecule has 26 heavy (non-hydrogen) atoms. The van der Waals surface area contributed by atoms with E-state index in [1.54, 1.807) is 29.2 Å². The van der Waals surface area contributed by atoms with E-state index in [1.807, 2.05) is 16.8 Å². The maximum Gasteiger partial charge on any atom is 0.410 e. The van der Waals surface area contributed by atoms with E-state index in [9.17, 15) is 14.9 Å². The maximum atomic E-state index is 12.2. The predicted molar refractivity (Wildman–Crippen MR) is 102 cm³/mol. The van der Waals surface area contributed by atoms with Crippen molar-refractivity contribution in [3.63, 3.8) is 0 Å². The van der Waals surface area contributed by atoms with Gasteiger partial charge in [-0.2, -0.15) is 16.6 Å². The fourth-order valence-electron chi connectivity index (χ4n) is 2.68. The van der Waals surface area contributed by atoms with Gasteiger partial charge < -0.3 is 15.0 Å². The fraction of sp³-hybridized carbons (Fsp3) is 0.278. The molecule has 0 saturated heterocycles. The van der Waals surface area contributed by atoms with Crippen LogP contribution in [0.1, 0.15) is 28.5 Å². The lowest BCUT2D eigenvalue weighted by atomic mass is 10.0. The number of carbonyl (C=O) groups excluding carboxylic acids is 2. The fourth-order valence-corrected chi connectivity index (χ4v) is 4.52. The highest BCUT2D eigenvalue weighted by Crippen LogP contribution is 2.36. The van der Waals surface area contributed by atoms with E-state index >= 15 is 0 Å². The number of amides is 2. The van der Waals surface area contributed by atoms with Gasteiger partial charge in [-0.1, -0.05) is 0 Å². The number of fused-ring (bicyclic) bond motifs is 1. The second-order valence-corrected chi connectivity index (χ2v) is 7.45. The van der Waals surface area contributed by atoms with Gasteiger partial charge in [-0.15, -0.1) is 11.3 Å². The molecule has 3 rings (SSSR count). The molecule has 2 amide bonds. The summed E-state index contributed by atoms with van der Waals surface area (Å²) in [6.45, 7) is 2.99. The van der Waals surface area contributed by atoms with Gasteiger partial charge in [0.25, 0.3) is 0 Å². The van der Waals surface area contributed by atoms with Gasteiger partial charge in [-0.05, 0) is 47.4 Å². The number of ether oxygens (including phenoxy) is 1. The van der Waals surface area contributed by atoms with Crippen molar-refractivity contribution < 1.29 is 14.3 Å². The van der Waals surface area contributed by atoms with Crippen LogP contribution in [0.4, 0.5) is 9.80 Å². The summed E-state index contributed by atoms with van der Waals surface area (Å²) in [5, 5.41) is 16.7. The molecule has 0 radical (unpaired) electrons. The molecule has 0 fully saturated rings. The van der Waals surface area contributed by atoms with Crippen molar-refractivity contribution in [1.29, 1.82) is 5.26 Å². The Morgan fingerprint density at radius 3 is 3.04 bits per heavy atom. The highest BCUT2D eigenvalue weighted by atomic mass is 32.1. The van der Waals surface area contributed by atoms with Crippen molar-refractivity contribution in [3.8, 4) is 6.07 Å². The van der Waals surface area contributed by atoms with Crippen molar-refractivity contribution in [2.45, 2.75) is 19.9 Å². The molecule has 1 N–H and O–H groups in total. The van der Waals surface area contributed by atoms with E-state index in [0.29, 0.717) is 36.7 Å². The Labute approximate surface area is 159 Å². The minimum Gasteiger partial charge on any atom is -0.450 e. The SMILES string of the molecule is CCOC(=O)N1CCc2c(sc(NC(=O)C=Cc3ccsc3)c2C#N)C1. The van der Waals surface area contributed by atoms with Gasteiger partial charge in [-0.25, -0.2) is 4.79 Å². The van der Waals surface area contributed by atoms with Crippen LogP contribution in [0, 0.1) is 11.3 Å². The average Bonchev–Trinajstić information content (AvgIpc) is 3.26. The Hall–Kier alpha value is -2.63. The molecular weight excluding hydrogens is 370 g/mol. The Balaban J connectivity index is 1.74. The quantitative estimate of drug-likeness (QED) is 0.808. The van der Waals surface area contributed by atoms with Gasteiger partial charge in [0.15, 0.2) is 0 Å². The minimum absolute atomic E-state index is 0.284. The molecule has 1 aliphatic heterocycles. The molecule has 2 aromatic rings. The number of rotatable bonds is 4. The van der Waals surface area contributed by atoms with E-state index in [2.05, 4.69) is 11.4 Å². The van der Waals surface area contributed by atoms with Crippen LogP contribution >= 0.6 is 22.7 Å². The number of nitrogens with one attached hydrogen (secondary N) is 1. The summed E-state index contributed by atoms with van der Waals surface area (Å²) in [4.78, 5) is 26.6. The van der Waals surface area contributed by atoms with Crippen LogP contribution in [0.3, 0.4) is 0 Å². The highest BCUT2D eigenvalue weighted by molar-refractivity contribution is 7.16. The number of nitriles is 1. The normalized spacial score (nSPS) is 13.3. The molecule has 6 nitrogen and oxygen atoms in total. The summed E-state index contributed by atoms with van der Waals surface area (Å²) in [6, 6.07) is 4.11. The molecule has 0 bridgehead atoms. The van der Waals surface area contributed by atoms with Crippen LogP contribution in [0.5, 0.6) is 0 Å². The Morgan fingerprint density at radius 2 is 2.35 bits per heavy atom. The third-order valence-electron chi connectivity index (χ3n) is 3.90. The minimum atomic E-state index is -0.352. The third kappa shape index (κ3) is 3.95. The molecule has 8 heteroatoms. The number of carbonyl (C=O) groups is 2. The first kappa shape index (κ1) is 18.2. The van der Waals surface area contributed by atoms with E-state index in [1.165, 1.54) is 17.4 Å².